The van der Waals surface area contributed by atoms with Gasteiger partial charge in [-0.2, -0.15) is 0 Å². The Kier molecular flexibility index (Phi) is 7.04. The number of carbonyl (C=O) groups is 1. The van der Waals surface area contributed by atoms with Crippen LogP contribution in [0.1, 0.15) is 36.7 Å². The minimum Gasteiger partial charge on any atom is -0.451 e. The molecule has 0 unspecified atom stereocenters. The maximum atomic E-state index is 12.5. The Morgan fingerprint density at radius 3 is 2.62 bits per heavy atom. The molecule has 1 fully saturated rings. The SMILES string of the molecule is C[C@H]1CCCCN1c1ccc(NC(=S)NC(=O)c2ccc(-c3cc(Cl)ccc3Cl)o2)cc1. The van der Waals surface area contributed by atoms with Gasteiger partial charge in [-0.1, -0.05) is 23.2 Å². The average Bonchev–Trinajstić information content (AvgIpc) is 3.27. The molecule has 1 aliphatic heterocycles. The quantitative estimate of drug-likeness (QED) is 0.398. The molecule has 0 saturated carbocycles. The normalized spacial score (nSPS) is 16.0. The highest BCUT2D eigenvalue weighted by atomic mass is 35.5. The summed E-state index contributed by atoms with van der Waals surface area (Å²) in [7, 11) is 0. The highest BCUT2D eigenvalue weighted by molar-refractivity contribution is 7.80. The largest absolute Gasteiger partial charge is 0.451 e. The van der Waals surface area contributed by atoms with Gasteiger partial charge in [-0.05, 0) is 93.0 Å². The lowest BCUT2D eigenvalue weighted by molar-refractivity contribution is 0.0951. The van der Waals surface area contributed by atoms with Crippen molar-refractivity contribution in [3.63, 3.8) is 0 Å². The Hall–Kier alpha value is -2.54. The van der Waals surface area contributed by atoms with Crippen LogP contribution in [0.3, 0.4) is 0 Å². The van der Waals surface area contributed by atoms with Gasteiger partial charge in [-0.25, -0.2) is 0 Å². The van der Waals surface area contributed by atoms with Crippen molar-refractivity contribution in [2.45, 2.75) is 32.2 Å². The van der Waals surface area contributed by atoms with E-state index in [1.54, 1.807) is 30.3 Å². The van der Waals surface area contributed by atoms with E-state index in [9.17, 15) is 4.79 Å². The third-order valence-electron chi connectivity index (χ3n) is 5.51. The number of thiocarbonyl (C=S) groups is 1. The molecule has 32 heavy (non-hydrogen) atoms. The summed E-state index contributed by atoms with van der Waals surface area (Å²) in [6.45, 7) is 3.34. The van der Waals surface area contributed by atoms with E-state index in [1.165, 1.54) is 24.9 Å². The molecular formula is C24H23Cl2N3O2S. The van der Waals surface area contributed by atoms with Gasteiger partial charge in [0, 0.05) is 34.5 Å². The Labute approximate surface area is 202 Å². The van der Waals surface area contributed by atoms with Gasteiger partial charge in [-0.3, -0.25) is 10.1 Å². The van der Waals surface area contributed by atoms with E-state index < -0.39 is 5.91 Å². The summed E-state index contributed by atoms with van der Waals surface area (Å²) in [4.78, 5) is 15.0. The number of benzene rings is 2. The summed E-state index contributed by atoms with van der Waals surface area (Å²) >= 11 is 17.5. The van der Waals surface area contributed by atoms with Crippen molar-refractivity contribution in [3.05, 3.63) is 70.4 Å². The van der Waals surface area contributed by atoms with Gasteiger partial charge < -0.3 is 14.6 Å². The second kappa shape index (κ2) is 9.94. The molecule has 0 spiro atoms. The summed E-state index contributed by atoms with van der Waals surface area (Å²) in [5, 5.41) is 6.87. The highest BCUT2D eigenvalue weighted by Gasteiger charge is 2.19. The molecule has 2 aromatic carbocycles. The zero-order chi connectivity index (χ0) is 22.7. The minimum atomic E-state index is -0.453. The van der Waals surface area contributed by atoms with E-state index in [1.807, 2.05) is 12.1 Å². The Balaban J connectivity index is 1.37. The molecule has 0 aliphatic carbocycles. The van der Waals surface area contributed by atoms with Crippen molar-refractivity contribution in [1.29, 1.82) is 0 Å². The number of piperidine rings is 1. The smallest absolute Gasteiger partial charge is 0.293 e. The monoisotopic (exact) mass is 487 g/mol. The maximum Gasteiger partial charge on any atom is 0.293 e. The summed E-state index contributed by atoms with van der Waals surface area (Å²) in [6, 6.07) is 16.9. The molecule has 2 heterocycles. The number of amides is 1. The first-order valence-corrected chi connectivity index (χ1v) is 11.6. The Bertz CT molecular complexity index is 1130. The highest BCUT2D eigenvalue weighted by Crippen LogP contribution is 2.32. The van der Waals surface area contributed by atoms with Crippen LogP contribution >= 0.6 is 35.4 Å². The molecule has 2 N–H and O–H groups in total. The van der Waals surface area contributed by atoms with Crippen molar-refractivity contribution in [2.75, 3.05) is 16.8 Å². The van der Waals surface area contributed by atoms with Crippen LogP contribution in [0.15, 0.2) is 59.0 Å². The second-order valence-corrected chi connectivity index (χ2v) is 9.03. The van der Waals surface area contributed by atoms with Crippen molar-refractivity contribution in [2.24, 2.45) is 0 Å². The first-order chi connectivity index (χ1) is 15.4. The molecule has 8 heteroatoms. The zero-order valence-corrected chi connectivity index (χ0v) is 19.9. The van der Waals surface area contributed by atoms with E-state index in [-0.39, 0.29) is 10.9 Å². The molecule has 1 aromatic heterocycles. The molecule has 3 aromatic rings. The fourth-order valence-electron chi connectivity index (χ4n) is 3.84. The van der Waals surface area contributed by atoms with Gasteiger partial charge >= 0.3 is 0 Å². The van der Waals surface area contributed by atoms with Gasteiger partial charge in [0.1, 0.15) is 5.76 Å². The minimum absolute atomic E-state index is 0.120. The van der Waals surface area contributed by atoms with E-state index in [0.717, 1.165) is 12.2 Å². The van der Waals surface area contributed by atoms with E-state index in [2.05, 4.69) is 34.6 Å². The summed E-state index contributed by atoms with van der Waals surface area (Å²) in [5.41, 5.74) is 2.61. The molecule has 1 atom stereocenters. The van der Waals surface area contributed by atoms with Crippen molar-refractivity contribution >= 4 is 57.8 Å². The Morgan fingerprint density at radius 2 is 1.88 bits per heavy atom. The van der Waals surface area contributed by atoms with Crippen LogP contribution in [0.2, 0.25) is 10.0 Å². The number of nitrogens with one attached hydrogen (secondary N) is 2. The number of nitrogens with zero attached hydrogens (tertiary/aromatic N) is 1. The fraction of sp³-hybridized carbons (Fsp3) is 0.250. The van der Waals surface area contributed by atoms with Crippen LogP contribution < -0.4 is 15.5 Å². The van der Waals surface area contributed by atoms with Gasteiger partial charge in [0.25, 0.3) is 5.91 Å². The summed E-state index contributed by atoms with van der Waals surface area (Å²) in [5.74, 6) is 0.115. The lowest BCUT2D eigenvalue weighted by Gasteiger charge is -2.35. The Morgan fingerprint density at radius 1 is 1.09 bits per heavy atom. The summed E-state index contributed by atoms with van der Waals surface area (Å²) < 4.78 is 5.66. The van der Waals surface area contributed by atoms with Crippen LogP contribution in [-0.2, 0) is 0 Å². The molecule has 1 saturated heterocycles. The van der Waals surface area contributed by atoms with Crippen LogP contribution in [0.25, 0.3) is 11.3 Å². The standard InChI is InChI=1S/C24H23Cl2N3O2S/c1-15-4-2-3-13-29(15)18-8-6-17(7-9-18)27-24(32)28-23(30)22-12-11-21(31-22)19-14-16(25)5-10-20(19)26/h5-12,14-15H,2-4,13H2,1H3,(H2,27,28,30,32)/t15-/m0/s1. The zero-order valence-electron chi connectivity index (χ0n) is 17.5. The van der Waals surface area contributed by atoms with Crippen LogP contribution in [0, 0.1) is 0 Å². The molecule has 5 nitrogen and oxygen atoms in total. The number of hydrogen-bond acceptors (Lipinski definition) is 4. The van der Waals surface area contributed by atoms with E-state index in [4.69, 9.17) is 39.8 Å². The topological polar surface area (TPSA) is 57.5 Å². The average molecular weight is 488 g/mol. The molecule has 1 aliphatic rings. The lowest BCUT2D eigenvalue weighted by atomic mass is 10.0. The van der Waals surface area contributed by atoms with Crippen LogP contribution in [0.4, 0.5) is 11.4 Å². The number of anilines is 2. The molecule has 166 valence electrons. The first-order valence-electron chi connectivity index (χ1n) is 10.4. The third kappa shape index (κ3) is 5.26. The number of furan rings is 1. The third-order valence-corrected chi connectivity index (χ3v) is 6.28. The lowest BCUT2D eigenvalue weighted by Crippen LogP contribution is -2.37. The number of halogens is 2. The number of carbonyl (C=O) groups excluding carboxylic acids is 1. The molecule has 4 rings (SSSR count). The fourth-order valence-corrected chi connectivity index (χ4v) is 4.43. The van der Waals surface area contributed by atoms with E-state index >= 15 is 0 Å². The summed E-state index contributed by atoms with van der Waals surface area (Å²) in [6.07, 6.45) is 3.72. The predicted molar refractivity (Wildman–Crippen MR) is 135 cm³/mol. The van der Waals surface area contributed by atoms with Crippen molar-refractivity contribution in [1.82, 2.24) is 5.32 Å². The first kappa shape index (κ1) is 22.6. The van der Waals surface area contributed by atoms with Crippen molar-refractivity contribution < 1.29 is 9.21 Å². The molecular weight excluding hydrogens is 465 g/mol. The predicted octanol–water partition coefficient (Wildman–Crippen LogP) is 6.76. The van der Waals surface area contributed by atoms with Gasteiger partial charge in [0.05, 0.1) is 5.02 Å². The second-order valence-electron chi connectivity index (χ2n) is 7.78. The van der Waals surface area contributed by atoms with Crippen LogP contribution in [0.5, 0.6) is 0 Å². The van der Waals surface area contributed by atoms with Gasteiger partial charge in [-0.15, -0.1) is 0 Å². The van der Waals surface area contributed by atoms with Gasteiger partial charge in [0.15, 0.2) is 10.9 Å². The van der Waals surface area contributed by atoms with Crippen molar-refractivity contribution in [3.8, 4) is 11.3 Å². The maximum absolute atomic E-state index is 12.5. The number of hydrogen-bond donors (Lipinski definition) is 2. The number of rotatable bonds is 4. The molecule has 0 bridgehead atoms. The van der Waals surface area contributed by atoms with Crippen LogP contribution in [-0.4, -0.2) is 23.6 Å². The van der Waals surface area contributed by atoms with Gasteiger partial charge in [0.2, 0.25) is 0 Å². The molecule has 1 amide bonds. The van der Waals surface area contributed by atoms with E-state index in [0.29, 0.717) is 27.4 Å². The molecule has 0 radical (unpaired) electrons.